The molecule has 0 amide bonds. The molecule has 6 nitrogen and oxygen atoms in total. The van der Waals surface area contributed by atoms with E-state index in [0.29, 0.717) is 29.2 Å². The Morgan fingerprint density at radius 2 is 2.00 bits per heavy atom. The van der Waals surface area contributed by atoms with Crippen molar-refractivity contribution >= 4 is 11.4 Å². The lowest BCUT2D eigenvalue weighted by molar-refractivity contribution is 0.626. The molecule has 1 aromatic heterocycles. The summed E-state index contributed by atoms with van der Waals surface area (Å²) in [5.74, 6) is 5.79. The number of hydrogen-bond acceptors (Lipinski definition) is 5. The van der Waals surface area contributed by atoms with Crippen molar-refractivity contribution in [2.45, 2.75) is 40.5 Å². The van der Waals surface area contributed by atoms with Crippen LogP contribution in [-0.2, 0) is 0 Å². The van der Waals surface area contributed by atoms with Crippen molar-refractivity contribution in [1.82, 2.24) is 14.8 Å². The van der Waals surface area contributed by atoms with E-state index in [1.54, 1.807) is 19.3 Å². The van der Waals surface area contributed by atoms with Crippen LogP contribution in [0.2, 0.25) is 0 Å². The van der Waals surface area contributed by atoms with Crippen LogP contribution in [0.25, 0.3) is 5.70 Å². The van der Waals surface area contributed by atoms with E-state index < -0.39 is 0 Å². The molecular formula is C18H27FN6. The molecule has 2 aromatic rings. The average Bonchev–Trinajstić information content (AvgIpc) is 3.09. The predicted octanol–water partition coefficient (Wildman–Crippen LogP) is 3.57. The van der Waals surface area contributed by atoms with Gasteiger partial charge in [-0.15, -0.1) is 0 Å². The maximum absolute atomic E-state index is 13.5. The Bertz CT molecular complexity index is 717. The Morgan fingerprint density at radius 1 is 1.36 bits per heavy atom. The molecule has 0 atom stereocenters. The number of halogens is 1. The minimum atomic E-state index is -0.361. The van der Waals surface area contributed by atoms with E-state index >= 15 is 0 Å². The van der Waals surface area contributed by atoms with Crippen LogP contribution in [0.4, 0.5) is 10.1 Å². The van der Waals surface area contributed by atoms with Gasteiger partial charge in [-0.3, -0.25) is 5.01 Å². The highest BCUT2D eigenvalue weighted by molar-refractivity contribution is 5.59. The van der Waals surface area contributed by atoms with Gasteiger partial charge in [0, 0.05) is 17.8 Å². The zero-order chi connectivity index (χ0) is 19.0. The first-order valence-corrected chi connectivity index (χ1v) is 8.10. The molecule has 0 aliphatic carbocycles. The van der Waals surface area contributed by atoms with Crippen molar-refractivity contribution in [2.75, 3.05) is 5.01 Å². The summed E-state index contributed by atoms with van der Waals surface area (Å²) in [4.78, 5) is 3.87. The second-order valence-electron chi connectivity index (χ2n) is 5.72. The van der Waals surface area contributed by atoms with Gasteiger partial charge in [-0.05, 0) is 31.5 Å². The van der Waals surface area contributed by atoms with Crippen molar-refractivity contribution in [1.29, 1.82) is 0 Å². The third-order valence-electron chi connectivity index (χ3n) is 3.29. The number of benzene rings is 1. The van der Waals surface area contributed by atoms with Crippen LogP contribution in [0, 0.1) is 12.7 Å². The van der Waals surface area contributed by atoms with Crippen LogP contribution in [0.1, 0.15) is 39.2 Å². The van der Waals surface area contributed by atoms with Gasteiger partial charge in [-0.2, -0.15) is 5.10 Å². The first-order chi connectivity index (χ1) is 11.8. The van der Waals surface area contributed by atoms with E-state index in [2.05, 4.69) is 30.5 Å². The molecule has 0 fully saturated rings. The second kappa shape index (κ2) is 9.58. The molecule has 0 saturated carbocycles. The van der Waals surface area contributed by atoms with E-state index in [-0.39, 0.29) is 5.82 Å². The lowest BCUT2D eigenvalue weighted by Gasteiger charge is -2.25. The largest absolute Gasteiger partial charge is 0.401 e. The Morgan fingerprint density at radius 3 is 2.52 bits per heavy atom. The number of aromatic nitrogens is 3. The summed E-state index contributed by atoms with van der Waals surface area (Å²) in [5, 5.41) is 5.40. The first kappa shape index (κ1) is 20.4. The van der Waals surface area contributed by atoms with Gasteiger partial charge >= 0.3 is 0 Å². The number of nitrogens with zero attached hydrogens (tertiary/aromatic N) is 4. The maximum atomic E-state index is 13.5. The van der Waals surface area contributed by atoms with E-state index in [9.17, 15) is 4.39 Å². The molecule has 0 aliphatic rings. The van der Waals surface area contributed by atoms with Crippen molar-refractivity contribution < 1.29 is 4.39 Å². The normalized spacial score (nSPS) is 11.3. The number of nitrogens with two attached hydrogens (primary N) is 2. The van der Waals surface area contributed by atoms with Gasteiger partial charge in [-0.25, -0.2) is 19.9 Å². The summed E-state index contributed by atoms with van der Waals surface area (Å²) in [6.45, 7) is 11.8. The Hall–Kier alpha value is -2.67. The molecule has 136 valence electrons. The fourth-order valence-electron chi connectivity index (χ4n) is 2.05. The van der Waals surface area contributed by atoms with Crippen molar-refractivity contribution in [2.24, 2.45) is 11.6 Å². The highest BCUT2D eigenvalue weighted by Gasteiger charge is 2.15. The third-order valence-corrected chi connectivity index (χ3v) is 3.29. The van der Waals surface area contributed by atoms with E-state index in [4.69, 9.17) is 11.6 Å². The summed E-state index contributed by atoms with van der Waals surface area (Å²) >= 11 is 0. The molecule has 4 N–H and O–H groups in total. The molecule has 1 heterocycles. The summed E-state index contributed by atoms with van der Waals surface area (Å²) in [5.41, 5.74) is 9.13. The molecule has 0 spiro atoms. The van der Waals surface area contributed by atoms with Gasteiger partial charge in [0.15, 0.2) is 0 Å². The number of rotatable bonds is 5. The topological polar surface area (TPSA) is 86.0 Å². The van der Waals surface area contributed by atoms with Gasteiger partial charge in [0.2, 0.25) is 0 Å². The van der Waals surface area contributed by atoms with Gasteiger partial charge < -0.3 is 5.73 Å². The van der Waals surface area contributed by atoms with Crippen LogP contribution in [0.3, 0.4) is 0 Å². The lowest BCUT2D eigenvalue weighted by atomic mass is 10.1. The highest BCUT2D eigenvalue weighted by Crippen LogP contribution is 2.26. The molecule has 1 aromatic carbocycles. The summed E-state index contributed by atoms with van der Waals surface area (Å²) in [6.07, 6.45) is 4.57. The summed E-state index contributed by atoms with van der Waals surface area (Å²) in [6, 6.07) is 4.43. The van der Waals surface area contributed by atoms with Crippen LogP contribution in [0.15, 0.2) is 48.8 Å². The summed E-state index contributed by atoms with van der Waals surface area (Å²) in [7, 11) is 0. The summed E-state index contributed by atoms with van der Waals surface area (Å²) < 4.78 is 15.0. The number of hydrogen-bond donors (Lipinski definition) is 2. The van der Waals surface area contributed by atoms with Crippen molar-refractivity contribution in [3.8, 4) is 0 Å². The van der Waals surface area contributed by atoms with Gasteiger partial charge in [0.05, 0.1) is 11.4 Å². The van der Waals surface area contributed by atoms with Crippen molar-refractivity contribution in [3.63, 3.8) is 0 Å². The van der Waals surface area contributed by atoms with Crippen LogP contribution < -0.4 is 16.6 Å². The second-order valence-corrected chi connectivity index (χ2v) is 5.72. The number of hydrazine groups is 1. The zero-order valence-corrected chi connectivity index (χ0v) is 15.3. The van der Waals surface area contributed by atoms with Crippen molar-refractivity contribution in [3.05, 3.63) is 60.2 Å². The Labute approximate surface area is 148 Å². The molecule has 0 bridgehead atoms. The zero-order valence-electron chi connectivity index (χ0n) is 15.3. The monoisotopic (exact) mass is 346 g/mol. The standard InChI is InChI=1S/C15H19FN6.C3H8/c1-10-4-5-13(16)7-14(10)22(18)15(12(3)17)6-11(2)21-9-19-8-20-21;1-3-2/h4-5,7-9H,2,6,17-18H2,1,3H3;3H2,1-2H3/b15-12-;. The minimum absolute atomic E-state index is 0.359. The molecular weight excluding hydrogens is 319 g/mol. The van der Waals surface area contributed by atoms with E-state index in [0.717, 1.165) is 5.56 Å². The Balaban J connectivity index is 0.000000970. The predicted molar refractivity (Wildman–Crippen MR) is 101 cm³/mol. The Kier molecular flexibility index (Phi) is 7.81. The molecule has 0 aliphatic heterocycles. The van der Waals surface area contributed by atoms with Crippen LogP contribution in [0.5, 0.6) is 0 Å². The van der Waals surface area contributed by atoms with Crippen LogP contribution in [-0.4, -0.2) is 14.8 Å². The SMILES string of the molecule is C=C(C/C(=C(\C)N)N(N)c1cc(F)ccc1C)n1cncn1.CCC. The van der Waals surface area contributed by atoms with Gasteiger partial charge in [0.25, 0.3) is 0 Å². The molecule has 0 saturated heterocycles. The smallest absolute Gasteiger partial charge is 0.138 e. The average molecular weight is 346 g/mol. The fourth-order valence-corrected chi connectivity index (χ4v) is 2.05. The number of aryl methyl sites for hydroxylation is 1. The minimum Gasteiger partial charge on any atom is -0.401 e. The molecule has 25 heavy (non-hydrogen) atoms. The molecule has 0 radical (unpaired) electrons. The maximum Gasteiger partial charge on any atom is 0.138 e. The van der Waals surface area contributed by atoms with Gasteiger partial charge in [-0.1, -0.05) is 32.9 Å². The molecule has 0 unspecified atom stereocenters. The number of anilines is 1. The quantitative estimate of drug-likeness (QED) is 0.638. The van der Waals surface area contributed by atoms with E-state index in [1.165, 1.54) is 34.6 Å². The van der Waals surface area contributed by atoms with Gasteiger partial charge in [0.1, 0.15) is 18.5 Å². The molecule has 7 heteroatoms. The van der Waals surface area contributed by atoms with Crippen LogP contribution >= 0.6 is 0 Å². The highest BCUT2D eigenvalue weighted by atomic mass is 19.1. The fraction of sp³-hybridized carbons (Fsp3) is 0.333. The van der Waals surface area contributed by atoms with E-state index in [1.807, 2.05) is 6.92 Å². The molecule has 2 rings (SSSR count). The lowest BCUT2D eigenvalue weighted by Crippen LogP contribution is -2.33. The third kappa shape index (κ3) is 5.72. The first-order valence-electron chi connectivity index (χ1n) is 8.10. The number of allylic oxidation sites excluding steroid dienone is 2.